The second kappa shape index (κ2) is 13.1. The van der Waals surface area contributed by atoms with Crippen molar-refractivity contribution >= 4 is 34.9 Å². The summed E-state index contributed by atoms with van der Waals surface area (Å²) in [4.78, 5) is 12.5. The summed E-state index contributed by atoms with van der Waals surface area (Å²) in [5.74, 6) is 0.734. The molecule has 1 N–H and O–H groups in total. The SMILES string of the molecule is COS(=O)(=O)/C=C/[C@H](Cc1ccc(O[Si](c2ccccc2)(c2ccccc2)C(C)(C)C)cc1)NC(=O)OC(C)(C)C. The predicted octanol–water partition coefficient (Wildman–Crippen LogP) is 5.55. The average Bonchev–Trinajstić information content (AvgIpc) is 2.90. The summed E-state index contributed by atoms with van der Waals surface area (Å²) in [5.41, 5.74) is 0.178. The highest BCUT2D eigenvalue weighted by molar-refractivity contribution is 7.89. The zero-order valence-corrected chi connectivity index (χ0v) is 26.7. The lowest BCUT2D eigenvalue weighted by molar-refractivity contribution is 0.0514. The first kappa shape index (κ1) is 32.1. The van der Waals surface area contributed by atoms with Crippen molar-refractivity contribution in [3.63, 3.8) is 0 Å². The minimum atomic E-state index is -3.86. The molecule has 9 heteroatoms. The third-order valence-corrected chi connectivity index (χ3v) is 12.4. The van der Waals surface area contributed by atoms with Gasteiger partial charge in [0.05, 0.1) is 18.6 Å². The molecule has 0 unspecified atom stereocenters. The first-order chi connectivity index (χ1) is 19.1. The van der Waals surface area contributed by atoms with Gasteiger partial charge in [-0.1, -0.05) is 93.6 Å². The Morgan fingerprint density at radius 1 is 0.854 bits per heavy atom. The topological polar surface area (TPSA) is 90.9 Å². The van der Waals surface area contributed by atoms with Crippen LogP contribution in [0.4, 0.5) is 4.79 Å². The van der Waals surface area contributed by atoms with Crippen LogP contribution in [-0.2, 0) is 25.5 Å². The predicted molar refractivity (Wildman–Crippen MR) is 167 cm³/mol. The van der Waals surface area contributed by atoms with Gasteiger partial charge in [-0.05, 0) is 66.4 Å². The summed E-state index contributed by atoms with van der Waals surface area (Å²) in [5, 5.41) is 5.85. The fourth-order valence-electron chi connectivity index (χ4n) is 4.65. The minimum absolute atomic E-state index is 0.186. The number of carbonyl (C=O) groups is 1. The summed E-state index contributed by atoms with van der Waals surface area (Å²) in [6.45, 7) is 12.0. The molecule has 3 rings (SSSR count). The third-order valence-electron chi connectivity index (χ3n) is 6.48. The van der Waals surface area contributed by atoms with Crippen molar-refractivity contribution in [3.05, 3.63) is 102 Å². The molecule has 3 aromatic rings. The van der Waals surface area contributed by atoms with Gasteiger partial charge in [0.25, 0.3) is 10.1 Å². The highest BCUT2D eigenvalue weighted by Gasteiger charge is 2.52. The molecular weight excluding hydrogens is 555 g/mol. The average molecular weight is 596 g/mol. The molecule has 0 aliphatic rings. The summed E-state index contributed by atoms with van der Waals surface area (Å²) >= 11 is 0. The summed E-state index contributed by atoms with van der Waals surface area (Å²) in [7, 11) is -5.56. The van der Waals surface area contributed by atoms with E-state index in [0.29, 0.717) is 6.42 Å². The van der Waals surface area contributed by atoms with Crippen molar-refractivity contribution in [3.8, 4) is 5.75 Å². The quantitative estimate of drug-likeness (QED) is 0.244. The fraction of sp³-hybridized carbons (Fsp3) is 0.344. The van der Waals surface area contributed by atoms with Crippen LogP contribution in [-0.4, -0.2) is 41.6 Å². The molecular formula is C32H41NO6SSi. The molecule has 0 aliphatic heterocycles. The highest BCUT2D eigenvalue weighted by Crippen LogP contribution is 2.37. The van der Waals surface area contributed by atoms with Crippen molar-refractivity contribution in [2.45, 2.75) is 64.6 Å². The van der Waals surface area contributed by atoms with Crippen LogP contribution in [0.1, 0.15) is 47.1 Å². The van der Waals surface area contributed by atoms with E-state index in [-0.39, 0.29) is 5.04 Å². The number of hydrogen-bond acceptors (Lipinski definition) is 6. The number of alkyl carbamates (subject to hydrolysis) is 1. The Kier molecular flexibility index (Phi) is 10.2. The molecule has 1 amide bonds. The Morgan fingerprint density at radius 3 is 1.80 bits per heavy atom. The van der Waals surface area contributed by atoms with E-state index in [2.05, 4.69) is 54.5 Å². The molecule has 41 heavy (non-hydrogen) atoms. The van der Waals surface area contributed by atoms with Gasteiger partial charge < -0.3 is 14.5 Å². The maximum atomic E-state index is 12.5. The molecule has 0 bridgehead atoms. The zero-order chi connectivity index (χ0) is 30.3. The minimum Gasteiger partial charge on any atom is -0.534 e. The summed E-state index contributed by atoms with van der Waals surface area (Å²) in [6.07, 6.45) is 1.07. The third kappa shape index (κ3) is 8.79. The lowest BCUT2D eigenvalue weighted by Crippen LogP contribution is -2.68. The number of benzene rings is 3. The van der Waals surface area contributed by atoms with Gasteiger partial charge in [-0.25, -0.2) is 4.79 Å². The van der Waals surface area contributed by atoms with E-state index in [1.54, 1.807) is 20.8 Å². The van der Waals surface area contributed by atoms with E-state index in [4.69, 9.17) is 9.16 Å². The Balaban J connectivity index is 1.93. The molecule has 0 saturated carbocycles. The van der Waals surface area contributed by atoms with Gasteiger partial charge in [0.1, 0.15) is 11.4 Å². The van der Waals surface area contributed by atoms with Crippen molar-refractivity contribution < 1.29 is 26.6 Å². The Labute approximate surface area is 245 Å². The maximum Gasteiger partial charge on any atom is 0.408 e. The van der Waals surface area contributed by atoms with E-state index in [1.165, 1.54) is 16.4 Å². The molecule has 0 heterocycles. The number of amides is 1. The molecule has 1 atom stereocenters. The van der Waals surface area contributed by atoms with Crippen LogP contribution < -0.4 is 20.1 Å². The number of nitrogens with one attached hydrogen (secondary N) is 1. The lowest BCUT2D eigenvalue weighted by Gasteiger charge is -2.43. The van der Waals surface area contributed by atoms with Gasteiger partial charge >= 0.3 is 14.4 Å². The van der Waals surface area contributed by atoms with Gasteiger partial charge in [0.2, 0.25) is 0 Å². The Bertz CT molecular complexity index is 1370. The van der Waals surface area contributed by atoms with Crippen LogP contribution in [0.25, 0.3) is 0 Å². The first-order valence-corrected chi connectivity index (χ1v) is 16.9. The van der Waals surface area contributed by atoms with Gasteiger partial charge in [0.15, 0.2) is 0 Å². The molecule has 7 nitrogen and oxygen atoms in total. The zero-order valence-electron chi connectivity index (χ0n) is 24.9. The van der Waals surface area contributed by atoms with E-state index < -0.39 is 36.2 Å². The second-order valence-corrected chi connectivity index (χ2v) is 17.7. The van der Waals surface area contributed by atoms with E-state index in [9.17, 15) is 13.2 Å². The molecule has 0 saturated heterocycles. The van der Waals surface area contributed by atoms with E-state index in [0.717, 1.165) is 23.8 Å². The summed E-state index contributed by atoms with van der Waals surface area (Å²) < 4.78 is 40.7. The molecule has 0 aromatic heterocycles. The number of hydrogen-bond donors (Lipinski definition) is 1. The Morgan fingerprint density at radius 2 is 1.37 bits per heavy atom. The molecule has 0 spiro atoms. The fourth-order valence-corrected chi connectivity index (χ4v) is 9.56. The molecule has 220 valence electrons. The van der Waals surface area contributed by atoms with Crippen molar-refractivity contribution in [2.24, 2.45) is 0 Å². The number of rotatable bonds is 10. The lowest BCUT2D eigenvalue weighted by atomic mass is 10.1. The maximum absolute atomic E-state index is 12.5. The van der Waals surface area contributed by atoms with Crippen LogP contribution in [0.3, 0.4) is 0 Å². The number of ether oxygens (including phenoxy) is 1. The second-order valence-electron chi connectivity index (χ2n) is 11.9. The normalized spacial score (nSPS) is 13.5. The molecule has 0 aliphatic carbocycles. The van der Waals surface area contributed by atoms with Crippen molar-refractivity contribution in [1.29, 1.82) is 0 Å². The van der Waals surface area contributed by atoms with Gasteiger partial charge in [0, 0.05) is 0 Å². The summed E-state index contributed by atoms with van der Waals surface area (Å²) in [6, 6.07) is 27.9. The standard InChI is InChI=1S/C32H41NO6SSi/c1-31(2,3)38-30(34)33-26(22-23-40(35,36)37-7)24-25-18-20-27(21-19-25)39-41(32(4,5)6,28-14-10-8-11-15-28)29-16-12-9-13-17-29/h8-23,26H,24H2,1-7H3,(H,33,34)/b23-22+/t26-/m1/s1. The molecule has 0 fully saturated rings. The first-order valence-electron chi connectivity index (χ1n) is 13.5. The van der Waals surface area contributed by atoms with Crippen LogP contribution in [0.15, 0.2) is 96.4 Å². The van der Waals surface area contributed by atoms with Crippen LogP contribution in [0, 0.1) is 0 Å². The van der Waals surface area contributed by atoms with Gasteiger partial charge in [-0.2, -0.15) is 8.42 Å². The van der Waals surface area contributed by atoms with Gasteiger partial charge in [-0.15, -0.1) is 0 Å². The van der Waals surface area contributed by atoms with Gasteiger partial charge in [-0.3, -0.25) is 4.18 Å². The van der Waals surface area contributed by atoms with E-state index in [1.807, 2.05) is 60.7 Å². The highest BCUT2D eigenvalue weighted by atomic mass is 32.2. The van der Waals surface area contributed by atoms with Crippen molar-refractivity contribution in [1.82, 2.24) is 5.32 Å². The molecule has 3 aromatic carbocycles. The van der Waals surface area contributed by atoms with Crippen LogP contribution >= 0.6 is 0 Å². The smallest absolute Gasteiger partial charge is 0.408 e. The van der Waals surface area contributed by atoms with Crippen molar-refractivity contribution in [2.75, 3.05) is 7.11 Å². The monoisotopic (exact) mass is 595 g/mol. The number of carbonyl (C=O) groups excluding carboxylic acids is 1. The van der Waals surface area contributed by atoms with E-state index >= 15 is 0 Å². The molecule has 0 radical (unpaired) electrons. The van der Waals surface area contributed by atoms with Crippen LogP contribution in [0.5, 0.6) is 5.75 Å². The Hall–Kier alpha value is -3.40. The largest absolute Gasteiger partial charge is 0.534 e. The van der Waals surface area contributed by atoms with Crippen LogP contribution in [0.2, 0.25) is 5.04 Å².